The number of hydrogen-bond acceptors (Lipinski definition) is 4. The first kappa shape index (κ1) is 11.4. The van der Waals surface area contributed by atoms with Crippen molar-refractivity contribution in [3.05, 3.63) is 16.9 Å². The lowest BCUT2D eigenvalue weighted by Crippen LogP contribution is -2.38. The number of nitrogens with zero attached hydrogens (tertiary/aromatic N) is 2. The number of ether oxygens (including phenoxy) is 1. The predicted molar refractivity (Wildman–Crippen MR) is 68.8 cm³/mol. The van der Waals surface area contributed by atoms with E-state index in [1.807, 2.05) is 0 Å². The van der Waals surface area contributed by atoms with Gasteiger partial charge in [0.15, 0.2) is 0 Å². The predicted octanol–water partition coefficient (Wildman–Crippen LogP) is 2.61. The second kappa shape index (κ2) is 4.90. The molecule has 1 N–H and O–H groups in total. The van der Waals surface area contributed by atoms with Crippen molar-refractivity contribution in [2.24, 2.45) is 5.92 Å². The Bertz CT molecular complexity index is 384. The Hall–Kier alpha value is -0.680. The van der Waals surface area contributed by atoms with Crippen LogP contribution < -0.4 is 5.32 Å². The van der Waals surface area contributed by atoms with Crippen LogP contribution in [0, 0.1) is 5.92 Å². The molecule has 0 amide bonds. The van der Waals surface area contributed by atoms with Crippen LogP contribution in [0.1, 0.15) is 25.7 Å². The van der Waals surface area contributed by atoms with Crippen LogP contribution >= 0.6 is 15.9 Å². The summed E-state index contributed by atoms with van der Waals surface area (Å²) < 4.78 is 6.67. The van der Waals surface area contributed by atoms with Gasteiger partial charge in [0.2, 0.25) is 5.95 Å². The average Bonchev–Trinajstić information content (AvgIpc) is 2.81. The minimum absolute atomic E-state index is 0.455. The summed E-state index contributed by atoms with van der Waals surface area (Å²) in [6, 6.07) is 0.470. The molecule has 0 aromatic carbocycles. The van der Waals surface area contributed by atoms with Gasteiger partial charge in [0.05, 0.1) is 10.6 Å². The van der Waals surface area contributed by atoms with Gasteiger partial charge in [-0.25, -0.2) is 9.97 Å². The molecule has 1 saturated heterocycles. The highest BCUT2D eigenvalue weighted by molar-refractivity contribution is 9.10. The zero-order valence-corrected chi connectivity index (χ0v) is 11.2. The fourth-order valence-electron chi connectivity index (χ4n) is 2.91. The Balaban J connectivity index is 1.69. The summed E-state index contributed by atoms with van der Waals surface area (Å²) in [6.45, 7) is 0.911. The molecule has 1 saturated carbocycles. The van der Waals surface area contributed by atoms with Crippen molar-refractivity contribution in [1.82, 2.24) is 9.97 Å². The summed E-state index contributed by atoms with van der Waals surface area (Å²) in [7, 11) is 0. The Morgan fingerprint density at radius 2 is 2.06 bits per heavy atom. The molecule has 1 aromatic rings. The van der Waals surface area contributed by atoms with Crippen molar-refractivity contribution < 1.29 is 4.74 Å². The van der Waals surface area contributed by atoms with Crippen LogP contribution in [0.4, 0.5) is 5.95 Å². The average molecular weight is 298 g/mol. The fraction of sp³-hybridized carbons (Fsp3) is 0.667. The Kier molecular flexibility index (Phi) is 3.29. The third kappa shape index (κ3) is 2.45. The molecular formula is C12H16BrN3O. The third-order valence-electron chi connectivity index (χ3n) is 3.72. The lowest BCUT2D eigenvalue weighted by atomic mass is 9.82. The molecule has 17 heavy (non-hydrogen) atoms. The molecule has 3 rings (SSSR count). The van der Waals surface area contributed by atoms with Crippen molar-refractivity contribution in [1.29, 1.82) is 0 Å². The molecule has 5 heteroatoms. The molecule has 2 aliphatic rings. The van der Waals surface area contributed by atoms with E-state index in [1.54, 1.807) is 12.4 Å². The van der Waals surface area contributed by atoms with Gasteiger partial charge in [-0.2, -0.15) is 0 Å². The number of halogens is 1. The van der Waals surface area contributed by atoms with Gasteiger partial charge in [0.1, 0.15) is 0 Å². The summed E-state index contributed by atoms with van der Waals surface area (Å²) >= 11 is 3.34. The number of hydrogen-bond donors (Lipinski definition) is 1. The molecule has 1 aromatic heterocycles. The second-order valence-electron chi connectivity index (χ2n) is 4.77. The van der Waals surface area contributed by atoms with Gasteiger partial charge in [-0.15, -0.1) is 0 Å². The van der Waals surface area contributed by atoms with Crippen LogP contribution in [-0.4, -0.2) is 28.7 Å². The smallest absolute Gasteiger partial charge is 0.222 e. The van der Waals surface area contributed by atoms with Crippen LogP contribution in [0.15, 0.2) is 16.9 Å². The summed E-state index contributed by atoms with van der Waals surface area (Å²) in [5.41, 5.74) is 0. The van der Waals surface area contributed by atoms with Crippen molar-refractivity contribution in [2.75, 3.05) is 11.9 Å². The van der Waals surface area contributed by atoms with Gasteiger partial charge in [-0.1, -0.05) is 0 Å². The lowest BCUT2D eigenvalue weighted by molar-refractivity contribution is 0.0619. The number of aromatic nitrogens is 2. The first-order valence-electron chi connectivity index (χ1n) is 6.18. The first-order chi connectivity index (χ1) is 8.33. The third-order valence-corrected chi connectivity index (χ3v) is 4.13. The summed E-state index contributed by atoms with van der Waals surface area (Å²) in [5.74, 6) is 1.36. The van der Waals surface area contributed by atoms with Gasteiger partial charge < -0.3 is 10.1 Å². The molecule has 0 unspecified atom stereocenters. The Morgan fingerprint density at radius 3 is 2.88 bits per heavy atom. The maximum absolute atomic E-state index is 5.76. The summed E-state index contributed by atoms with van der Waals surface area (Å²) in [6.07, 6.45) is 8.82. The van der Waals surface area contributed by atoms with E-state index in [0.717, 1.165) is 17.0 Å². The molecule has 3 atom stereocenters. The number of anilines is 1. The molecule has 0 spiro atoms. The van der Waals surface area contributed by atoms with Crippen molar-refractivity contribution in [3.8, 4) is 0 Å². The van der Waals surface area contributed by atoms with Crippen molar-refractivity contribution in [3.63, 3.8) is 0 Å². The molecule has 1 aliphatic heterocycles. The first-order valence-corrected chi connectivity index (χ1v) is 6.98. The number of rotatable bonds is 2. The maximum Gasteiger partial charge on any atom is 0.222 e. The summed E-state index contributed by atoms with van der Waals surface area (Å²) in [4.78, 5) is 8.55. The number of nitrogens with one attached hydrogen (secondary N) is 1. The van der Waals surface area contributed by atoms with E-state index in [2.05, 4.69) is 31.2 Å². The van der Waals surface area contributed by atoms with Crippen LogP contribution in [0.2, 0.25) is 0 Å². The molecule has 0 bridgehead atoms. The van der Waals surface area contributed by atoms with E-state index in [0.29, 0.717) is 18.1 Å². The highest BCUT2D eigenvalue weighted by Gasteiger charge is 2.37. The lowest BCUT2D eigenvalue weighted by Gasteiger charge is -2.33. The monoisotopic (exact) mass is 297 g/mol. The van der Waals surface area contributed by atoms with Gasteiger partial charge in [0, 0.05) is 31.0 Å². The zero-order valence-electron chi connectivity index (χ0n) is 9.60. The molecule has 0 radical (unpaired) electrons. The maximum atomic E-state index is 5.76. The minimum atomic E-state index is 0.455. The zero-order chi connectivity index (χ0) is 11.7. The van der Waals surface area contributed by atoms with E-state index in [4.69, 9.17) is 4.74 Å². The quantitative estimate of drug-likeness (QED) is 0.911. The molecule has 4 nitrogen and oxygen atoms in total. The minimum Gasteiger partial charge on any atom is -0.378 e. The van der Waals surface area contributed by atoms with E-state index < -0.39 is 0 Å². The van der Waals surface area contributed by atoms with E-state index in [1.165, 1.54) is 25.7 Å². The summed E-state index contributed by atoms with van der Waals surface area (Å²) in [5, 5.41) is 3.46. The van der Waals surface area contributed by atoms with E-state index in [-0.39, 0.29) is 0 Å². The molecule has 2 heterocycles. The molecule has 92 valence electrons. The van der Waals surface area contributed by atoms with E-state index in [9.17, 15) is 0 Å². The topological polar surface area (TPSA) is 47.0 Å². The van der Waals surface area contributed by atoms with Crippen LogP contribution in [-0.2, 0) is 4.74 Å². The van der Waals surface area contributed by atoms with Gasteiger partial charge in [-0.3, -0.25) is 0 Å². The van der Waals surface area contributed by atoms with Crippen LogP contribution in [0.3, 0.4) is 0 Å². The Labute approximate surface area is 109 Å². The highest BCUT2D eigenvalue weighted by Crippen LogP contribution is 2.35. The van der Waals surface area contributed by atoms with Crippen LogP contribution in [0.25, 0.3) is 0 Å². The standard InChI is InChI=1S/C12H16BrN3O/c13-8-6-14-12(15-7-8)16-10-2-1-3-11-9(10)4-5-17-11/h6-7,9-11H,1-5H2,(H,14,15,16)/t9-,10-,11-/m1/s1. The SMILES string of the molecule is Brc1cnc(N[C@@H]2CCC[C@H]3OCC[C@H]23)nc1. The van der Waals surface area contributed by atoms with Crippen molar-refractivity contribution in [2.45, 2.75) is 37.8 Å². The molecular weight excluding hydrogens is 282 g/mol. The molecule has 2 fully saturated rings. The van der Waals surface area contributed by atoms with E-state index >= 15 is 0 Å². The normalized spacial score (nSPS) is 32.2. The number of fused-ring (bicyclic) bond motifs is 1. The second-order valence-corrected chi connectivity index (χ2v) is 5.68. The van der Waals surface area contributed by atoms with Crippen molar-refractivity contribution >= 4 is 21.9 Å². The largest absolute Gasteiger partial charge is 0.378 e. The molecule has 1 aliphatic carbocycles. The van der Waals surface area contributed by atoms with Gasteiger partial charge in [-0.05, 0) is 41.6 Å². The fourth-order valence-corrected chi connectivity index (χ4v) is 3.11. The van der Waals surface area contributed by atoms with Crippen LogP contribution in [0.5, 0.6) is 0 Å². The van der Waals surface area contributed by atoms with Gasteiger partial charge in [0.25, 0.3) is 0 Å². The highest BCUT2D eigenvalue weighted by atomic mass is 79.9. The Morgan fingerprint density at radius 1 is 1.24 bits per heavy atom. The van der Waals surface area contributed by atoms with Gasteiger partial charge >= 0.3 is 0 Å².